The molecule has 0 amide bonds. The fourth-order valence-electron chi connectivity index (χ4n) is 4.66. The first-order valence-electron chi connectivity index (χ1n) is 16.4. The standard InChI is InChI=1S/C37H50N2O4/c1-3-5-7-9-10-11-12-13-14-16-30-41-34-23-17-31(18-24-34)37(40)43-36-27-21-33(22-28-36)39-38-32-19-25-35(26-20-32)42-29-15-8-6-4-2/h17-28H,3-16,29-30H2,1-2H3. The van der Waals surface area contributed by atoms with Crippen molar-refractivity contribution in [1.29, 1.82) is 0 Å². The first-order valence-corrected chi connectivity index (χ1v) is 16.4. The maximum atomic E-state index is 12.6. The smallest absolute Gasteiger partial charge is 0.343 e. The van der Waals surface area contributed by atoms with Crippen molar-refractivity contribution in [2.45, 2.75) is 104 Å². The second-order valence-electron chi connectivity index (χ2n) is 11.0. The van der Waals surface area contributed by atoms with Gasteiger partial charge >= 0.3 is 5.97 Å². The zero-order chi connectivity index (χ0) is 30.4. The summed E-state index contributed by atoms with van der Waals surface area (Å²) >= 11 is 0. The summed E-state index contributed by atoms with van der Waals surface area (Å²) < 4.78 is 17.2. The third kappa shape index (κ3) is 14.4. The number of hydrogen-bond donors (Lipinski definition) is 0. The molecule has 0 saturated heterocycles. The largest absolute Gasteiger partial charge is 0.494 e. The number of carbonyl (C=O) groups excluding carboxylic acids is 1. The number of carbonyl (C=O) groups is 1. The lowest BCUT2D eigenvalue weighted by Gasteiger charge is -2.08. The molecule has 6 nitrogen and oxygen atoms in total. The Hall–Kier alpha value is -3.67. The quantitative estimate of drug-likeness (QED) is 0.0508. The van der Waals surface area contributed by atoms with Gasteiger partial charge in [0.1, 0.15) is 17.2 Å². The number of rotatable bonds is 22. The van der Waals surface area contributed by atoms with Crippen molar-refractivity contribution in [1.82, 2.24) is 0 Å². The predicted octanol–water partition coefficient (Wildman–Crippen LogP) is 11.6. The van der Waals surface area contributed by atoms with Gasteiger partial charge in [0.05, 0.1) is 30.2 Å². The Morgan fingerprint density at radius 3 is 1.33 bits per heavy atom. The van der Waals surface area contributed by atoms with E-state index in [1.54, 1.807) is 36.4 Å². The van der Waals surface area contributed by atoms with E-state index >= 15 is 0 Å². The Balaban J connectivity index is 1.32. The fraction of sp³-hybridized carbons (Fsp3) is 0.486. The number of esters is 1. The summed E-state index contributed by atoms with van der Waals surface area (Å²) in [6, 6.07) is 21.7. The Bertz CT molecular complexity index is 1170. The molecule has 0 atom stereocenters. The average Bonchev–Trinajstić information content (AvgIpc) is 3.04. The summed E-state index contributed by atoms with van der Waals surface area (Å²) in [7, 11) is 0. The normalized spacial score (nSPS) is 11.1. The van der Waals surface area contributed by atoms with Crippen molar-refractivity contribution in [3.63, 3.8) is 0 Å². The van der Waals surface area contributed by atoms with Gasteiger partial charge in [0.2, 0.25) is 0 Å². The minimum atomic E-state index is -0.414. The molecular formula is C37H50N2O4. The third-order valence-corrected chi connectivity index (χ3v) is 7.29. The number of nitrogens with zero attached hydrogens (tertiary/aromatic N) is 2. The van der Waals surface area contributed by atoms with Crippen LogP contribution in [0.4, 0.5) is 11.4 Å². The van der Waals surface area contributed by atoms with E-state index < -0.39 is 5.97 Å². The van der Waals surface area contributed by atoms with E-state index in [0.717, 1.165) is 36.6 Å². The molecule has 0 aliphatic heterocycles. The van der Waals surface area contributed by atoms with Gasteiger partial charge in [0.25, 0.3) is 0 Å². The van der Waals surface area contributed by atoms with Crippen LogP contribution in [0.3, 0.4) is 0 Å². The zero-order valence-electron chi connectivity index (χ0n) is 26.3. The molecule has 0 spiro atoms. The van der Waals surface area contributed by atoms with Gasteiger partial charge in [0.15, 0.2) is 0 Å². The predicted molar refractivity (Wildman–Crippen MR) is 175 cm³/mol. The highest BCUT2D eigenvalue weighted by Gasteiger charge is 2.09. The van der Waals surface area contributed by atoms with Gasteiger partial charge in [0, 0.05) is 0 Å². The van der Waals surface area contributed by atoms with E-state index in [-0.39, 0.29) is 0 Å². The second kappa shape index (κ2) is 21.1. The average molecular weight is 587 g/mol. The van der Waals surface area contributed by atoms with Crippen LogP contribution in [0.15, 0.2) is 83.0 Å². The van der Waals surface area contributed by atoms with Crippen molar-refractivity contribution < 1.29 is 19.0 Å². The van der Waals surface area contributed by atoms with E-state index in [0.29, 0.717) is 23.6 Å². The molecule has 0 aromatic heterocycles. The van der Waals surface area contributed by atoms with Crippen molar-refractivity contribution in [3.8, 4) is 17.2 Å². The topological polar surface area (TPSA) is 69.5 Å². The van der Waals surface area contributed by atoms with Crippen LogP contribution in [0.2, 0.25) is 0 Å². The molecule has 0 bridgehead atoms. The second-order valence-corrected chi connectivity index (χ2v) is 11.0. The number of benzene rings is 3. The molecule has 0 radical (unpaired) electrons. The highest BCUT2D eigenvalue weighted by molar-refractivity contribution is 5.91. The molecule has 0 N–H and O–H groups in total. The molecule has 0 heterocycles. The van der Waals surface area contributed by atoms with Gasteiger partial charge in [-0.3, -0.25) is 0 Å². The van der Waals surface area contributed by atoms with Gasteiger partial charge in [-0.15, -0.1) is 0 Å². The maximum Gasteiger partial charge on any atom is 0.343 e. The van der Waals surface area contributed by atoms with Crippen LogP contribution in [0.5, 0.6) is 17.2 Å². The van der Waals surface area contributed by atoms with E-state index in [4.69, 9.17) is 14.2 Å². The van der Waals surface area contributed by atoms with E-state index in [1.165, 1.54) is 77.0 Å². The van der Waals surface area contributed by atoms with Crippen molar-refractivity contribution in [2.75, 3.05) is 13.2 Å². The summed E-state index contributed by atoms with van der Waals surface area (Å²) in [6.45, 7) is 5.89. The molecule has 0 aliphatic rings. The molecule has 232 valence electrons. The van der Waals surface area contributed by atoms with Crippen LogP contribution in [0.25, 0.3) is 0 Å². The van der Waals surface area contributed by atoms with Crippen molar-refractivity contribution >= 4 is 17.3 Å². The fourth-order valence-corrected chi connectivity index (χ4v) is 4.66. The summed E-state index contributed by atoms with van der Waals surface area (Å²) in [4.78, 5) is 12.6. The van der Waals surface area contributed by atoms with Gasteiger partial charge < -0.3 is 14.2 Å². The molecule has 0 aliphatic carbocycles. The van der Waals surface area contributed by atoms with Crippen LogP contribution < -0.4 is 14.2 Å². The lowest BCUT2D eigenvalue weighted by atomic mass is 10.1. The van der Waals surface area contributed by atoms with Crippen molar-refractivity contribution in [3.05, 3.63) is 78.4 Å². The highest BCUT2D eigenvalue weighted by Crippen LogP contribution is 2.24. The Labute approximate surface area is 258 Å². The molecule has 0 saturated carbocycles. The highest BCUT2D eigenvalue weighted by atomic mass is 16.5. The zero-order valence-corrected chi connectivity index (χ0v) is 26.3. The van der Waals surface area contributed by atoms with Gasteiger partial charge in [-0.25, -0.2) is 4.79 Å². The number of azo groups is 1. The first-order chi connectivity index (χ1) is 21.2. The third-order valence-electron chi connectivity index (χ3n) is 7.29. The number of hydrogen-bond acceptors (Lipinski definition) is 6. The van der Waals surface area contributed by atoms with Gasteiger partial charge in [-0.05, 0) is 85.6 Å². The minimum Gasteiger partial charge on any atom is -0.494 e. The summed E-state index contributed by atoms with van der Waals surface area (Å²) in [5, 5.41) is 8.57. The van der Waals surface area contributed by atoms with Crippen LogP contribution in [-0.2, 0) is 0 Å². The Morgan fingerprint density at radius 2 is 0.860 bits per heavy atom. The molecule has 3 rings (SSSR count). The summed E-state index contributed by atoms with van der Waals surface area (Å²) in [6.07, 6.45) is 17.7. The lowest BCUT2D eigenvalue weighted by Crippen LogP contribution is -2.08. The molecular weight excluding hydrogens is 536 g/mol. The van der Waals surface area contributed by atoms with Gasteiger partial charge in [-0.1, -0.05) is 90.9 Å². The van der Waals surface area contributed by atoms with Crippen LogP contribution in [0, 0.1) is 0 Å². The molecule has 6 heteroatoms. The Kier molecular flexibility index (Phi) is 16.6. The van der Waals surface area contributed by atoms with E-state index in [1.807, 2.05) is 36.4 Å². The maximum absolute atomic E-state index is 12.6. The minimum absolute atomic E-state index is 0.414. The van der Waals surface area contributed by atoms with Crippen molar-refractivity contribution in [2.24, 2.45) is 10.2 Å². The summed E-state index contributed by atoms with van der Waals surface area (Å²) in [5.74, 6) is 1.65. The summed E-state index contributed by atoms with van der Waals surface area (Å²) in [5.41, 5.74) is 1.88. The lowest BCUT2D eigenvalue weighted by molar-refractivity contribution is 0.0734. The monoisotopic (exact) mass is 586 g/mol. The van der Waals surface area contributed by atoms with E-state index in [9.17, 15) is 4.79 Å². The molecule has 3 aromatic carbocycles. The molecule has 3 aromatic rings. The SMILES string of the molecule is CCCCCCCCCCCCOc1ccc(C(=O)Oc2ccc(N=Nc3ccc(OCCCCCC)cc3)cc2)cc1. The number of ether oxygens (including phenoxy) is 3. The first kappa shape index (κ1) is 33.8. The molecule has 43 heavy (non-hydrogen) atoms. The molecule has 0 fully saturated rings. The van der Waals surface area contributed by atoms with E-state index in [2.05, 4.69) is 24.1 Å². The Morgan fingerprint density at radius 1 is 0.488 bits per heavy atom. The van der Waals surface area contributed by atoms with Gasteiger partial charge in [-0.2, -0.15) is 10.2 Å². The molecule has 0 unspecified atom stereocenters. The number of unbranched alkanes of at least 4 members (excludes halogenated alkanes) is 12. The van der Waals surface area contributed by atoms with Crippen LogP contribution in [-0.4, -0.2) is 19.2 Å². The van der Waals surface area contributed by atoms with Crippen LogP contribution >= 0.6 is 0 Å². The van der Waals surface area contributed by atoms with Crippen LogP contribution in [0.1, 0.15) is 114 Å².